The van der Waals surface area contributed by atoms with Gasteiger partial charge in [0.15, 0.2) is 0 Å². The summed E-state index contributed by atoms with van der Waals surface area (Å²) in [6.45, 7) is 1.87. The minimum Gasteiger partial charge on any atom is -0.497 e. The second-order valence-corrected chi connectivity index (χ2v) is 6.62. The van der Waals surface area contributed by atoms with Crippen molar-refractivity contribution in [1.82, 2.24) is 4.90 Å². The molecule has 3 rings (SSSR count). The van der Waals surface area contributed by atoms with Crippen molar-refractivity contribution in [2.24, 2.45) is 0 Å². The highest BCUT2D eigenvalue weighted by Crippen LogP contribution is 2.20. The summed E-state index contributed by atoms with van der Waals surface area (Å²) in [4.78, 5) is 14.9. The molecule has 1 aliphatic heterocycles. The van der Waals surface area contributed by atoms with Gasteiger partial charge in [-0.1, -0.05) is 29.8 Å². The molecule has 0 aromatic heterocycles. The predicted molar refractivity (Wildman–Crippen MR) is 98.2 cm³/mol. The SMILES string of the molecule is COc1cccc(C(=O)N(Cc2ccc(Cl)cc2)CC2CCCO2)c1. The Balaban J connectivity index is 1.80. The molecular formula is C20H22ClNO3. The van der Waals surface area contributed by atoms with Gasteiger partial charge < -0.3 is 14.4 Å². The van der Waals surface area contributed by atoms with Crippen LogP contribution < -0.4 is 4.74 Å². The molecule has 1 amide bonds. The summed E-state index contributed by atoms with van der Waals surface area (Å²) in [7, 11) is 1.60. The average molecular weight is 360 g/mol. The van der Waals surface area contributed by atoms with Crippen LogP contribution in [0.4, 0.5) is 0 Å². The Morgan fingerprint density at radius 2 is 2.08 bits per heavy atom. The van der Waals surface area contributed by atoms with Gasteiger partial charge in [0, 0.05) is 30.3 Å². The maximum Gasteiger partial charge on any atom is 0.254 e. The summed E-state index contributed by atoms with van der Waals surface area (Å²) >= 11 is 5.96. The molecule has 0 saturated carbocycles. The van der Waals surface area contributed by atoms with Crippen molar-refractivity contribution >= 4 is 17.5 Å². The van der Waals surface area contributed by atoms with Gasteiger partial charge in [-0.25, -0.2) is 0 Å². The Bertz CT molecular complexity index is 711. The van der Waals surface area contributed by atoms with E-state index in [1.165, 1.54) is 0 Å². The second-order valence-electron chi connectivity index (χ2n) is 6.18. The topological polar surface area (TPSA) is 38.8 Å². The van der Waals surface area contributed by atoms with E-state index in [-0.39, 0.29) is 12.0 Å². The third-order valence-electron chi connectivity index (χ3n) is 4.34. The van der Waals surface area contributed by atoms with E-state index < -0.39 is 0 Å². The number of carbonyl (C=O) groups is 1. The van der Waals surface area contributed by atoms with Crippen LogP contribution in [0, 0.1) is 0 Å². The van der Waals surface area contributed by atoms with Gasteiger partial charge in [-0.05, 0) is 48.7 Å². The lowest BCUT2D eigenvalue weighted by atomic mass is 10.1. The summed E-state index contributed by atoms with van der Waals surface area (Å²) in [5.74, 6) is 0.652. The molecule has 1 fully saturated rings. The average Bonchev–Trinajstić information content (AvgIpc) is 3.15. The number of nitrogens with zero attached hydrogens (tertiary/aromatic N) is 1. The quantitative estimate of drug-likeness (QED) is 0.777. The van der Waals surface area contributed by atoms with Crippen LogP contribution in [0.15, 0.2) is 48.5 Å². The number of halogens is 1. The molecule has 2 aromatic carbocycles. The Hall–Kier alpha value is -2.04. The van der Waals surface area contributed by atoms with Crippen LogP contribution in [0.25, 0.3) is 0 Å². The molecule has 25 heavy (non-hydrogen) atoms. The lowest BCUT2D eigenvalue weighted by Crippen LogP contribution is -2.37. The largest absolute Gasteiger partial charge is 0.497 e. The lowest BCUT2D eigenvalue weighted by Gasteiger charge is -2.26. The monoisotopic (exact) mass is 359 g/mol. The number of amides is 1. The summed E-state index contributed by atoms with van der Waals surface area (Å²) in [5.41, 5.74) is 1.66. The highest BCUT2D eigenvalue weighted by molar-refractivity contribution is 6.30. The molecule has 1 aliphatic rings. The zero-order valence-electron chi connectivity index (χ0n) is 14.3. The maximum absolute atomic E-state index is 13.1. The first kappa shape index (κ1) is 17.8. The minimum absolute atomic E-state index is 0.0237. The van der Waals surface area contributed by atoms with Gasteiger partial charge in [0.05, 0.1) is 13.2 Å². The fourth-order valence-corrected chi connectivity index (χ4v) is 3.13. The van der Waals surface area contributed by atoms with E-state index in [0.29, 0.717) is 29.4 Å². The Labute approximate surface area is 153 Å². The smallest absolute Gasteiger partial charge is 0.254 e. The van der Waals surface area contributed by atoms with Crippen LogP contribution in [0.3, 0.4) is 0 Å². The Morgan fingerprint density at radius 1 is 1.28 bits per heavy atom. The van der Waals surface area contributed by atoms with E-state index in [1.807, 2.05) is 47.4 Å². The zero-order valence-corrected chi connectivity index (χ0v) is 15.0. The predicted octanol–water partition coefficient (Wildman–Crippen LogP) is 4.17. The van der Waals surface area contributed by atoms with E-state index in [9.17, 15) is 4.79 Å². The molecule has 1 atom stereocenters. The van der Waals surface area contributed by atoms with E-state index in [2.05, 4.69) is 0 Å². The standard InChI is InChI=1S/C20H22ClNO3/c1-24-18-5-2-4-16(12-18)20(23)22(14-19-6-3-11-25-19)13-15-7-9-17(21)10-8-15/h2,4-5,7-10,12,19H,3,6,11,13-14H2,1H3. The molecule has 4 nitrogen and oxygen atoms in total. The third-order valence-corrected chi connectivity index (χ3v) is 4.59. The van der Waals surface area contributed by atoms with Crippen LogP contribution in [0.2, 0.25) is 5.02 Å². The highest BCUT2D eigenvalue weighted by atomic mass is 35.5. The van der Waals surface area contributed by atoms with E-state index in [0.717, 1.165) is 25.0 Å². The maximum atomic E-state index is 13.1. The van der Waals surface area contributed by atoms with Gasteiger partial charge in [-0.2, -0.15) is 0 Å². The van der Waals surface area contributed by atoms with Crippen LogP contribution in [0.5, 0.6) is 5.75 Å². The van der Waals surface area contributed by atoms with E-state index in [1.54, 1.807) is 13.2 Å². The molecule has 0 aliphatic carbocycles. The van der Waals surface area contributed by atoms with E-state index in [4.69, 9.17) is 21.1 Å². The van der Waals surface area contributed by atoms with Crippen LogP contribution in [-0.4, -0.2) is 37.2 Å². The third kappa shape index (κ3) is 4.74. The fourth-order valence-electron chi connectivity index (χ4n) is 3.00. The summed E-state index contributed by atoms with van der Waals surface area (Å²) in [6, 6.07) is 14.8. The van der Waals surface area contributed by atoms with Crippen molar-refractivity contribution in [3.8, 4) is 5.75 Å². The summed E-state index contributed by atoms with van der Waals surface area (Å²) in [5, 5.41) is 0.688. The van der Waals surface area contributed by atoms with Crippen molar-refractivity contribution in [3.05, 3.63) is 64.7 Å². The van der Waals surface area contributed by atoms with Gasteiger partial charge in [-0.15, -0.1) is 0 Å². The number of benzene rings is 2. The van der Waals surface area contributed by atoms with Gasteiger partial charge in [0.1, 0.15) is 5.75 Å². The van der Waals surface area contributed by atoms with Crippen molar-refractivity contribution < 1.29 is 14.3 Å². The summed E-state index contributed by atoms with van der Waals surface area (Å²) < 4.78 is 11.0. The molecule has 0 bridgehead atoms. The number of ether oxygens (including phenoxy) is 2. The molecule has 1 saturated heterocycles. The number of hydrogen-bond acceptors (Lipinski definition) is 3. The van der Waals surface area contributed by atoms with Crippen LogP contribution in [0.1, 0.15) is 28.8 Å². The molecule has 0 N–H and O–H groups in total. The number of methoxy groups -OCH3 is 1. The number of rotatable bonds is 6. The minimum atomic E-state index is -0.0237. The first-order valence-electron chi connectivity index (χ1n) is 8.45. The van der Waals surface area contributed by atoms with Crippen LogP contribution in [-0.2, 0) is 11.3 Å². The van der Waals surface area contributed by atoms with Crippen molar-refractivity contribution in [1.29, 1.82) is 0 Å². The molecule has 132 valence electrons. The Morgan fingerprint density at radius 3 is 2.76 bits per heavy atom. The molecule has 5 heteroatoms. The van der Waals surface area contributed by atoms with Crippen molar-refractivity contribution in [3.63, 3.8) is 0 Å². The van der Waals surface area contributed by atoms with Crippen molar-refractivity contribution in [2.45, 2.75) is 25.5 Å². The number of carbonyl (C=O) groups excluding carboxylic acids is 1. The van der Waals surface area contributed by atoms with Gasteiger partial charge in [0.25, 0.3) is 5.91 Å². The molecule has 0 radical (unpaired) electrons. The highest BCUT2D eigenvalue weighted by Gasteiger charge is 2.24. The molecule has 2 aromatic rings. The van der Waals surface area contributed by atoms with Gasteiger partial charge in [0.2, 0.25) is 0 Å². The van der Waals surface area contributed by atoms with Crippen LogP contribution >= 0.6 is 11.6 Å². The fraction of sp³-hybridized carbons (Fsp3) is 0.350. The normalized spacial score (nSPS) is 16.6. The molecular weight excluding hydrogens is 338 g/mol. The summed E-state index contributed by atoms with van der Waals surface area (Å²) in [6.07, 6.45) is 2.14. The lowest BCUT2D eigenvalue weighted by molar-refractivity contribution is 0.0507. The van der Waals surface area contributed by atoms with E-state index >= 15 is 0 Å². The van der Waals surface area contributed by atoms with Crippen molar-refractivity contribution in [2.75, 3.05) is 20.3 Å². The molecule has 1 unspecified atom stereocenters. The zero-order chi connectivity index (χ0) is 17.6. The molecule has 1 heterocycles. The Kier molecular flexibility index (Phi) is 5.95. The molecule has 0 spiro atoms. The first-order chi connectivity index (χ1) is 12.2. The first-order valence-corrected chi connectivity index (χ1v) is 8.83. The number of hydrogen-bond donors (Lipinski definition) is 0. The second kappa shape index (κ2) is 8.37. The van der Waals surface area contributed by atoms with Gasteiger partial charge in [-0.3, -0.25) is 4.79 Å². The van der Waals surface area contributed by atoms with Gasteiger partial charge >= 0.3 is 0 Å².